The lowest BCUT2D eigenvalue weighted by Crippen LogP contribution is -2.30. The molecule has 2 aromatic carbocycles. The lowest BCUT2D eigenvalue weighted by molar-refractivity contribution is -0.120. The van der Waals surface area contributed by atoms with Crippen molar-refractivity contribution in [2.75, 3.05) is 20.8 Å². The normalized spacial score (nSPS) is 12.1. The highest BCUT2D eigenvalue weighted by molar-refractivity contribution is 5.85. The number of nitrogens with one attached hydrogen (secondary N) is 2. The Morgan fingerprint density at radius 3 is 2.71 bits per heavy atom. The van der Waals surface area contributed by atoms with E-state index in [1.165, 1.54) is 0 Å². The molecule has 0 unspecified atom stereocenters. The number of aromatic nitrogens is 3. The minimum Gasteiger partial charge on any atom is -0.493 e. The summed E-state index contributed by atoms with van der Waals surface area (Å²) in [5, 5.41) is 4.22. The fourth-order valence-corrected chi connectivity index (χ4v) is 4.47. The summed E-state index contributed by atoms with van der Waals surface area (Å²) >= 11 is 0. The predicted octanol–water partition coefficient (Wildman–Crippen LogP) is 4.32. The lowest BCUT2D eigenvalue weighted by atomic mass is 9.89. The minimum absolute atomic E-state index is 0.0879. The molecular formula is C27H26N4O3. The van der Waals surface area contributed by atoms with Crippen LogP contribution in [0.4, 0.5) is 0 Å². The first kappa shape index (κ1) is 21.6. The number of hydrogen-bond donors (Lipinski definition) is 2. The predicted molar refractivity (Wildman–Crippen MR) is 132 cm³/mol. The Hall–Kier alpha value is -4.26. The van der Waals surface area contributed by atoms with Crippen LogP contribution in [0.3, 0.4) is 0 Å². The smallest absolute Gasteiger partial charge is 0.226 e. The number of fused-ring (bicyclic) bond motifs is 2. The van der Waals surface area contributed by atoms with Gasteiger partial charge in [-0.3, -0.25) is 4.79 Å². The maximum atomic E-state index is 12.9. The molecule has 0 aliphatic rings. The molecule has 1 amide bonds. The summed E-state index contributed by atoms with van der Waals surface area (Å²) in [5.41, 5.74) is 4.62. The van der Waals surface area contributed by atoms with Gasteiger partial charge in [0.15, 0.2) is 11.5 Å². The summed E-state index contributed by atoms with van der Waals surface area (Å²) in [7, 11) is 3.26. The standard InChI is InChI=1S/C27H26N4O3/c1-33-24-11-7-9-20(27(24)34-2)22(21-15-28-23-10-4-3-8-19(21)23)16-29-26(32)14-18-17-31-13-6-5-12-25(31)30-18/h3-13,15,17,22,28H,14,16H2,1-2H3,(H,29,32)/t22-/m1/s1. The molecule has 0 saturated heterocycles. The van der Waals surface area contributed by atoms with E-state index < -0.39 is 0 Å². The third-order valence-corrected chi connectivity index (χ3v) is 6.06. The van der Waals surface area contributed by atoms with Crippen molar-refractivity contribution in [1.29, 1.82) is 0 Å². The van der Waals surface area contributed by atoms with Crippen molar-refractivity contribution in [3.63, 3.8) is 0 Å². The first-order valence-corrected chi connectivity index (χ1v) is 11.1. The van der Waals surface area contributed by atoms with Crippen LogP contribution in [0, 0.1) is 0 Å². The van der Waals surface area contributed by atoms with E-state index in [9.17, 15) is 4.79 Å². The van der Waals surface area contributed by atoms with Crippen LogP contribution in [0.15, 0.2) is 79.3 Å². The summed E-state index contributed by atoms with van der Waals surface area (Å²) in [6, 6.07) is 19.8. The number of amides is 1. The number of H-pyrrole nitrogens is 1. The summed E-state index contributed by atoms with van der Waals surface area (Å²) in [6.45, 7) is 0.400. The van der Waals surface area contributed by atoms with Gasteiger partial charge in [0.25, 0.3) is 0 Å². The van der Waals surface area contributed by atoms with Crippen LogP contribution in [-0.2, 0) is 11.2 Å². The summed E-state index contributed by atoms with van der Waals surface area (Å²) in [5.74, 6) is 1.08. The van der Waals surface area contributed by atoms with Crippen molar-refractivity contribution >= 4 is 22.5 Å². The number of nitrogens with zero attached hydrogens (tertiary/aromatic N) is 2. The molecule has 2 N–H and O–H groups in total. The highest BCUT2D eigenvalue weighted by Crippen LogP contribution is 2.40. The number of imidazole rings is 1. The van der Waals surface area contributed by atoms with Crippen LogP contribution < -0.4 is 14.8 Å². The van der Waals surface area contributed by atoms with Gasteiger partial charge in [-0.05, 0) is 29.8 Å². The largest absolute Gasteiger partial charge is 0.493 e. The van der Waals surface area contributed by atoms with Crippen LogP contribution in [0.25, 0.3) is 16.6 Å². The number of carbonyl (C=O) groups is 1. The van der Waals surface area contributed by atoms with Crippen molar-refractivity contribution in [3.05, 3.63) is 96.1 Å². The average Bonchev–Trinajstić information content (AvgIpc) is 3.47. The minimum atomic E-state index is -0.147. The molecule has 5 aromatic rings. The molecule has 0 aliphatic heterocycles. The van der Waals surface area contributed by atoms with Crippen molar-refractivity contribution in [2.24, 2.45) is 0 Å². The monoisotopic (exact) mass is 454 g/mol. The van der Waals surface area contributed by atoms with E-state index in [4.69, 9.17) is 9.47 Å². The SMILES string of the molecule is COc1cccc([C@@H](CNC(=O)Cc2cn3ccccc3n2)c2c[nH]c3ccccc23)c1OC. The molecule has 1 atom stereocenters. The average molecular weight is 455 g/mol. The number of benzene rings is 2. The van der Waals surface area contributed by atoms with Crippen molar-refractivity contribution < 1.29 is 14.3 Å². The van der Waals surface area contributed by atoms with Gasteiger partial charge in [-0.25, -0.2) is 4.98 Å². The van der Waals surface area contributed by atoms with Crippen LogP contribution in [0.2, 0.25) is 0 Å². The van der Waals surface area contributed by atoms with Gasteiger partial charge in [0.2, 0.25) is 5.91 Å². The summed E-state index contributed by atoms with van der Waals surface area (Å²) < 4.78 is 13.2. The van der Waals surface area contributed by atoms with E-state index in [0.29, 0.717) is 18.0 Å². The fourth-order valence-electron chi connectivity index (χ4n) is 4.47. The second kappa shape index (κ2) is 9.31. The lowest BCUT2D eigenvalue weighted by Gasteiger charge is -2.22. The second-order valence-electron chi connectivity index (χ2n) is 8.10. The molecule has 0 radical (unpaired) electrons. The van der Waals surface area contributed by atoms with E-state index in [0.717, 1.165) is 33.4 Å². The van der Waals surface area contributed by atoms with Gasteiger partial charge < -0.3 is 24.2 Å². The molecular weight excluding hydrogens is 428 g/mol. The third kappa shape index (κ3) is 4.08. The molecule has 172 valence electrons. The van der Waals surface area contributed by atoms with Crippen molar-refractivity contribution in [1.82, 2.24) is 19.7 Å². The zero-order chi connectivity index (χ0) is 23.5. The van der Waals surface area contributed by atoms with Crippen LogP contribution in [0.5, 0.6) is 11.5 Å². The maximum Gasteiger partial charge on any atom is 0.226 e. The van der Waals surface area contributed by atoms with E-state index in [2.05, 4.69) is 21.4 Å². The van der Waals surface area contributed by atoms with Gasteiger partial charge >= 0.3 is 0 Å². The Kier molecular flexibility index (Phi) is 5.91. The van der Waals surface area contributed by atoms with Gasteiger partial charge in [-0.2, -0.15) is 0 Å². The number of carbonyl (C=O) groups excluding carboxylic acids is 1. The molecule has 3 aromatic heterocycles. The first-order valence-electron chi connectivity index (χ1n) is 11.1. The fraction of sp³-hybridized carbons (Fsp3) is 0.185. The Balaban J connectivity index is 1.45. The Labute approximate surface area is 197 Å². The number of pyridine rings is 1. The molecule has 0 bridgehead atoms. The zero-order valence-corrected chi connectivity index (χ0v) is 19.1. The van der Waals surface area contributed by atoms with Gasteiger partial charge in [0, 0.05) is 47.5 Å². The van der Waals surface area contributed by atoms with Crippen molar-refractivity contribution in [3.8, 4) is 11.5 Å². The zero-order valence-electron chi connectivity index (χ0n) is 19.1. The van der Waals surface area contributed by atoms with E-state index in [-0.39, 0.29) is 18.2 Å². The summed E-state index contributed by atoms with van der Waals surface area (Å²) in [6.07, 6.45) is 6.02. The number of para-hydroxylation sites is 2. The quantitative estimate of drug-likeness (QED) is 0.366. The number of ether oxygens (including phenoxy) is 2. The molecule has 0 aliphatic carbocycles. The number of aromatic amines is 1. The van der Waals surface area contributed by atoms with Crippen LogP contribution >= 0.6 is 0 Å². The number of rotatable bonds is 8. The molecule has 0 saturated carbocycles. The number of methoxy groups -OCH3 is 2. The molecule has 3 heterocycles. The van der Waals surface area contributed by atoms with Gasteiger partial charge in [0.05, 0.1) is 26.3 Å². The Morgan fingerprint density at radius 1 is 1.03 bits per heavy atom. The maximum absolute atomic E-state index is 12.9. The van der Waals surface area contributed by atoms with Gasteiger partial charge in [0.1, 0.15) is 5.65 Å². The Morgan fingerprint density at radius 2 is 1.88 bits per heavy atom. The molecule has 0 fully saturated rings. The second-order valence-corrected chi connectivity index (χ2v) is 8.10. The van der Waals surface area contributed by atoms with Crippen molar-refractivity contribution in [2.45, 2.75) is 12.3 Å². The van der Waals surface area contributed by atoms with Gasteiger partial charge in [-0.1, -0.05) is 36.4 Å². The molecule has 34 heavy (non-hydrogen) atoms. The summed E-state index contributed by atoms with van der Waals surface area (Å²) in [4.78, 5) is 20.8. The van der Waals surface area contributed by atoms with Gasteiger partial charge in [-0.15, -0.1) is 0 Å². The highest BCUT2D eigenvalue weighted by Gasteiger charge is 2.24. The molecule has 0 spiro atoms. The van der Waals surface area contributed by atoms with Crippen LogP contribution in [0.1, 0.15) is 22.7 Å². The van der Waals surface area contributed by atoms with Crippen LogP contribution in [-0.4, -0.2) is 41.0 Å². The van der Waals surface area contributed by atoms with E-state index >= 15 is 0 Å². The molecule has 7 nitrogen and oxygen atoms in total. The Bertz CT molecular complexity index is 1420. The first-order chi connectivity index (χ1) is 16.7. The number of hydrogen-bond acceptors (Lipinski definition) is 4. The molecule has 7 heteroatoms. The molecule has 5 rings (SSSR count). The third-order valence-electron chi connectivity index (χ3n) is 6.06. The van der Waals surface area contributed by atoms with E-state index in [1.54, 1.807) is 14.2 Å². The topological polar surface area (TPSA) is 80.6 Å². The van der Waals surface area contributed by atoms with E-state index in [1.807, 2.05) is 77.6 Å². The highest BCUT2D eigenvalue weighted by atomic mass is 16.5.